The molecule has 136 valence electrons. The lowest BCUT2D eigenvalue weighted by Crippen LogP contribution is -2.00. The first-order valence-electron chi connectivity index (χ1n) is 8.51. The van der Waals surface area contributed by atoms with E-state index in [4.69, 9.17) is 10.2 Å². The first-order chi connectivity index (χ1) is 11.4. The topological polar surface area (TPSA) is 77.8 Å². The summed E-state index contributed by atoms with van der Waals surface area (Å²) in [6, 6.07) is 0. The number of carboxylic acids is 1. The Morgan fingerprint density at radius 1 is 0.833 bits per heavy atom. The second kappa shape index (κ2) is 13.8. The van der Waals surface area contributed by atoms with E-state index in [1.54, 1.807) is 6.08 Å². The van der Waals surface area contributed by atoms with Gasteiger partial charge in [-0.15, -0.1) is 0 Å². The van der Waals surface area contributed by atoms with Gasteiger partial charge < -0.3 is 15.3 Å². The lowest BCUT2D eigenvalue weighted by molar-refractivity contribution is -0.132. The van der Waals surface area contributed by atoms with Crippen LogP contribution in [0.3, 0.4) is 0 Å². The van der Waals surface area contributed by atoms with Gasteiger partial charge in [0, 0.05) is 5.57 Å². The number of aliphatic hydroxyl groups excluding tert-OH is 2. The van der Waals surface area contributed by atoms with Gasteiger partial charge in [-0.3, -0.25) is 0 Å². The molecule has 0 aliphatic rings. The summed E-state index contributed by atoms with van der Waals surface area (Å²) in [5, 5.41) is 27.2. The number of allylic oxidation sites excluding steroid dienone is 5. The predicted molar refractivity (Wildman–Crippen MR) is 98.9 cm³/mol. The van der Waals surface area contributed by atoms with E-state index >= 15 is 0 Å². The van der Waals surface area contributed by atoms with Crippen LogP contribution < -0.4 is 0 Å². The molecular formula is C20H32O4. The third kappa shape index (κ3) is 11.9. The van der Waals surface area contributed by atoms with Crippen LogP contribution in [0.4, 0.5) is 0 Å². The minimum atomic E-state index is -0.833. The fraction of sp³-hybridized carbons (Fsp3) is 0.550. The van der Waals surface area contributed by atoms with Crippen LogP contribution in [-0.2, 0) is 4.79 Å². The normalized spacial score (nSPS) is 13.1. The molecule has 0 spiro atoms. The summed E-state index contributed by atoms with van der Waals surface area (Å²) in [7, 11) is 0. The van der Waals surface area contributed by atoms with Gasteiger partial charge in [-0.05, 0) is 64.9 Å². The Morgan fingerprint density at radius 3 is 2.00 bits per heavy atom. The van der Waals surface area contributed by atoms with Crippen LogP contribution in [0.2, 0.25) is 0 Å². The lowest BCUT2D eigenvalue weighted by Gasteiger charge is -2.04. The second-order valence-corrected chi connectivity index (χ2v) is 6.19. The van der Waals surface area contributed by atoms with Gasteiger partial charge in [-0.1, -0.05) is 35.5 Å². The largest absolute Gasteiger partial charge is 0.478 e. The Morgan fingerprint density at radius 2 is 1.46 bits per heavy atom. The van der Waals surface area contributed by atoms with Gasteiger partial charge in [-0.25, -0.2) is 4.79 Å². The van der Waals surface area contributed by atoms with Crippen LogP contribution in [0.15, 0.2) is 46.6 Å². The summed E-state index contributed by atoms with van der Waals surface area (Å²) >= 11 is 0. The molecule has 0 aromatic heterocycles. The van der Waals surface area contributed by atoms with Crippen molar-refractivity contribution < 1.29 is 20.1 Å². The van der Waals surface area contributed by atoms with Gasteiger partial charge in [0.15, 0.2) is 0 Å². The number of rotatable bonds is 12. The van der Waals surface area contributed by atoms with Crippen LogP contribution >= 0.6 is 0 Å². The minimum Gasteiger partial charge on any atom is -0.478 e. The minimum absolute atomic E-state index is 0.0240. The number of aliphatic hydroxyl groups is 2. The number of carboxylic acid groups (broad SMARTS) is 1. The molecule has 0 saturated carbocycles. The average Bonchev–Trinajstić information content (AvgIpc) is 2.52. The Hall–Kier alpha value is -1.65. The van der Waals surface area contributed by atoms with Crippen molar-refractivity contribution in [2.75, 3.05) is 13.2 Å². The Balaban J connectivity index is 4.36. The molecule has 0 atom stereocenters. The molecule has 0 aromatic rings. The standard InChI is InChI=1S/C20H32O4/c1-16(2)7-4-11-19(20(23)24)12-6-9-17(3)8-5-10-18(15-22)13-14-21/h7-8,12-13,21-22H,4-6,9-11,14-15H2,1-3H3,(H,23,24)/b17-8+,18-13-,19-12+. The van der Waals surface area contributed by atoms with Crippen LogP contribution in [-0.4, -0.2) is 34.5 Å². The summed E-state index contributed by atoms with van der Waals surface area (Å²) in [4.78, 5) is 11.2. The molecule has 4 nitrogen and oxygen atoms in total. The highest BCUT2D eigenvalue weighted by molar-refractivity contribution is 5.86. The summed E-state index contributed by atoms with van der Waals surface area (Å²) < 4.78 is 0. The Labute approximate surface area is 145 Å². The maximum Gasteiger partial charge on any atom is 0.331 e. The van der Waals surface area contributed by atoms with Gasteiger partial charge in [0.2, 0.25) is 0 Å². The molecule has 0 aromatic carbocycles. The quantitative estimate of drug-likeness (QED) is 0.369. The first-order valence-corrected chi connectivity index (χ1v) is 8.51. The fourth-order valence-corrected chi connectivity index (χ4v) is 2.27. The van der Waals surface area contributed by atoms with Crippen LogP contribution in [0.5, 0.6) is 0 Å². The van der Waals surface area contributed by atoms with Crippen molar-refractivity contribution >= 4 is 5.97 Å². The van der Waals surface area contributed by atoms with E-state index in [1.165, 1.54) is 11.1 Å². The van der Waals surface area contributed by atoms with Crippen LogP contribution in [0, 0.1) is 0 Å². The Bertz CT molecular complexity index is 492. The molecule has 24 heavy (non-hydrogen) atoms. The van der Waals surface area contributed by atoms with Gasteiger partial charge in [0.05, 0.1) is 13.2 Å². The van der Waals surface area contributed by atoms with Gasteiger partial charge in [0.1, 0.15) is 0 Å². The third-order valence-electron chi connectivity index (χ3n) is 3.71. The fourth-order valence-electron chi connectivity index (χ4n) is 2.27. The zero-order chi connectivity index (χ0) is 18.4. The molecule has 0 radical (unpaired) electrons. The van der Waals surface area contributed by atoms with Gasteiger partial charge in [-0.2, -0.15) is 0 Å². The van der Waals surface area contributed by atoms with Gasteiger partial charge >= 0.3 is 5.97 Å². The molecule has 0 fully saturated rings. The average molecular weight is 336 g/mol. The highest BCUT2D eigenvalue weighted by atomic mass is 16.4. The molecule has 0 saturated heterocycles. The monoisotopic (exact) mass is 336 g/mol. The number of carbonyl (C=O) groups is 1. The van der Waals surface area contributed by atoms with Crippen molar-refractivity contribution in [1.29, 1.82) is 0 Å². The zero-order valence-electron chi connectivity index (χ0n) is 15.2. The van der Waals surface area contributed by atoms with Crippen molar-refractivity contribution in [2.24, 2.45) is 0 Å². The Kier molecular flexibility index (Phi) is 12.8. The van der Waals surface area contributed by atoms with Crippen molar-refractivity contribution in [3.63, 3.8) is 0 Å². The number of aliphatic carboxylic acids is 1. The molecule has 0 rings (SSSR count). The smallest absolute Gasteiger partial charge is 0.331 e. The molecule has 0 unspecified atom stereocenters. The molecule has 0 heterocycles. The molecular weight excluding hydrogens is 304 g/mol. The van der Waals surface area contributed by atoms with Crippen LogP contribution in [0.25, 0.3) is 0 Å². The third-order valence-corrected chi connectivity index (χ3v) is 3.71. The highest BCUT2D eigenvalue weighted by Crippen LogP contribution is 2.14. The maximum atomic E-state index is 11.2. The van der Waals surface area contributed by atoms with Crippen molar-refractivity contribution in [3.8, 4) is 0 Å². The maximum absolute atomic E-state index is 11.2. The number of hydrogen-bond acceptors (Lipinski definition) is 3. The van der Waals surface area contributed by atoms with E-state index in [-0.39, 0.29) is 13.2 Å². The summed E-state index contributed by atoms with van der Waals surface area (Å²) in [6.45, 7) is 5.98. The van der Waals surface area contributed by atoms with E-state index in [2.05, 4.69) is 12.2 Å². The zero-order valence-corrected chi connectivity index (χ0v) is 15.2. The number of hydrogen-bond donors (Lipinski definition) is 3. The molecule has 3 N–H and O–H groups in total. The van der Waals surface area contributed by atoms with Crippen molar-refractivity contribution in [3.05, 3.63) is 46.6 Å². The highest BCUT2D eigenvalue weighted by Gasteiger charge is 2.05. The molecule has 0 bridgehead atoms. The van der Waals surface area contributed by atoms with Gasteiger partial charge in [0.25, 0.3) is 0 Å². The van der Waals surface area contributed by atoms with E-state index in [9.17, 15) is 9.90 Å². The van der Waals surface area contributed by atoms with E-state index < -0.39 is 5.97 Å². The summed E-state index contributed by atoms with van der Waals surface area (Å²) in [5.41, 5.74) is 3.74. The summed E-state index contributed by atoms with van der Waals surface area (Å²) in [6.07, 6.45) is 12.0. The SMILES string of the molecule is CC(C)=CCC/C(=C\CC/C(C)=C/CC/C(=C/CO)CO)C(=O)O. The van der Waals surface area contributed by atoms with E-state index in [0.29, 0.717) is 12.0 Å². The lowest BCUT2D eigenvalue weighted by atomic mass is 10.0. The molecule has 0 aliphatic heterocycles. The van der Waals surface area contributed by atoms with Crippen molar-refractivity contribution in [2.45, 2.75) is 59.3 Å². The molecule has 0 amide bonds. The van der Waals surface area contributed by atoms with E-state index in [1.807, 2.05) is 26.8 Å². The first kappa shape index (κ1) is 22.4. The predicted octanol–water partition coefficient (Wildman–Crippen LogP) is 4.16. The van der Waals surface area contributed by atoms with Crippen LogP contribution in [0.1, 0.15) is 59.3 Å². The van der Waals surface area contributed by atoms with E-state index in [0.717, 1.165) is 37.7 Å². The van der Waals surface area contributed by atoms with Crippen molar-refractivity contribution in [1.82, 2.24) is 0 Å². The summed E-state index contributed by atoms with van der Waals surface area (Å²) in [5.74, 6) is -0.833. The molecule has 0 aliphatic carbocycles. The second-order valence-electron chi connectivity index (χ2n) is 6.19. The molecule has 4 heteroatoms.